The monoisotopic (exact) mass is 284 g/mol. The fourth-order valence-corrected chi connectivity index (χ4v) is 3.69. The molecule has 0 radical (unpaired) electrons. The molecule has 1 atom stereocenters. The quantitative estimate of drug-likeness (QED) is 0.791. The van der Waals surface area contributed by atoms with Crippen molar-refractivity contribution in [2.75, 3.05) is 44.7 Å². The van der Waals surface area contributed by atoms with Gasteiger partial charge in [-0.05, 0) is 56.9 Å². The number of carbonyl (C=O) groups is 1. The highest BCUT2D eigenvalue weighted by Gasteiger charge is 2.26. The Kier molecular flexibility index (Phi) is 6.02. The van der Waals surface area contributed by atoms with Gasteiger partial charge in [0.25, 0.3) is 0 Å². The first-order valence-electron chi connectivity index (χ1n) is 7.68. The number of hydrogen-bond donors (Lipinski definition) is 0. The molecule has 0 aliphatic carbocycles. The summed E-state index contributed by atoms with van der Waals surface area (Å²) in [4.78, 5) is 16.7. The molecule has 1 unspecified atom stereocenters. The van der Waals surface area contributed by atoms with E-state index in [1.54, 1.807) is 11.8 Å². The van der Waals surface area contributed by atoms with Crippen molar-refractivity contribution in [3.8, 4) is 0 Å². The van der Waals surface area contributed by atoms with E-state index in [0.717, 1.165) is 19.0 Å². The zero-order valence-electron chi connectivity index (χ0n) is 12.4. The first-order chi connectivity index (χ1) is 9.19. The first kappa shape index (κ1) is 15.2. The van der Waals surface area contributed by atoms with Crippen LogP contribution in [-0.4, -0.2) is 60.4 Å². The summed E-state index contributed by atoms with van der Waals surface area (Å²) in [6.45, 7) is 8.06. The van der Waals surface area contributed by atoms with Crippen LogP contribution >= 0.6 is 11.8 Å². The molecule has 0 bridgehead atoms. The van der Waals surface area contributed by atoms with Crippen molar-refractivity contribution in [2.45, 2.75) is 32.6 Å². The van der Waals surface area contributed by atoms with Crippen molar-refractivity contribution in [3.63, 3.8) is 0 Å². The third kappa shape index (κ3) is 4.67. The van der Waals surface area contributed by atoms with Crippen molar-refractivity contribution in [2.24, 2.45) is 11.8 Å². The smallest absolute Gasteiger partial charge is 0.232 e. The van der Waals surface area contributed by atoms with Gasteiger partial charge in [-0.1, -0.05) is 6.92 Å². The van der Waals surface area contributed by atoms with E-state index in [0.29, 0.717) is 17.6 Å². The fourth-order valence-electron chi connectivity index (χ4n) is 3.27. The van der Waals surface area contributed by atoms with Crippen LogP contribution < -0.4 is 0 Å². The van der Waals surface area contributed by atoms with Crippen LogP contribution in [0.1, 0.15) is 32.6 Å². The number of thioether (sulfide) groups is 1. The zero-order valence-corrected chi connectivity index (χ0v) is 13.3. The molecule has 0 saturated carbocycles. The average molecular weight is 284 g/mol. The minimum Gasteiger partial charge on any atom is -0.342 e. The molecule has 0 aromatic rings. The summed E-state index contributed by atoms with van der Waals surface area (Å²) < 4.78 is 0. The molecule has 19 heavy (non-hydrogen) atoms. The molecular weight excluding hydrogens is 256 g/mol. The van der Waals surface area contributed by atoms with Crippen LogP contribution in [0.3, 0.4) is 0 Å². The fraction of sp³-hybridized carbons (Fsp3) is 0.933. The van der Waals surface area contributed by atoms with Gasteiger partial charge in [0.05, 0.1) is 5.75 Å². The highest BCUT2D eigenvalue weighted by molar-refractivity contribution is 7.99. The number of hydrogen-bond acceptors (Lipinski definition) is 3. The molecule has 1 amide bonds. The standard InChI is InChI=1S/C15H28N2OS/c1-13-5-8-16(9-6-13)10-14-4-3-7-17(11-14)15(18)12-19-2/h13-14H,3-12H2,1-2H3. The van der Waals surface area contributed by atoms with Gasteiger partial charge in [0.15, 0.2) is 0 Å². The molecule has 0 spiro atoms. The largest absolute Gasteiger partial charge is 0.342 e. The van der Waals surface area contributed by atoms with E-state index in [4.69, 9.17) is 0 Å². The Morgan fingerprint density at radius 3 is 2.63 bits per heavy atom. The number of likely N-dealkylation sites (tertiary alicyclic amines) is 2. The number of nitrogens with zero attached hydrogens (tertiary/aromatic N) is 2. The van der Waals surface area contributed by atoms with Gasteiger partial charge in [0.1, 0.15) is 0 Å². The van der Waals surface area contributed by atoms with Crippen molar-refractivity contribution in [3.05, 3.63) is 0 Å². The third-order valence-corrected chi connectivity index (χ3v) is 5.07. The van der Waals surface area contributed by atoms with Gasteiger partial charge in [0, 0.05) is 19.6 Å². The molecular formula is C15H28N2OS. The van der Waals surface area contributed by atoms with Crippen LogP contribution in [0.2, 0.25) is 0 Å². The molecule has 2 rings (SSSR count). The summed E-state index contributed by atoms with van der Waals surface area (Å²) in [7, 11) is 0. The summed E-state index contributed by atoms with van der Waals surface area (Å²) in [5, 5.41) is 0. The maximum Gasteiger partial charge on any atom is 0.232 e. The van der Waals surface area contributed by atoms with Gasteiger partial charge < -0.3 is 9.80 Å². The Hall–Kier alpha value is -0.220. The van der Waals surface area contributed by atoms with Crippen LogP contribution in [0.15, 0.2) is 0 Å². The summed E-state index contributed by atoms with van der Waals surface area (Å²) in [5.74, 6) is 2.59. The lowest BCUT2D eigenvalue weighted by Gasteiger charge is -2.37. The van der Waals surface area contributed by atoms with Gasteiger partial charge in [-0.25, -0.2) is 0 Å². The summed E-state index contributed by atoms with van der Waals surface area (Å²) in [5.41, 5.74) is 0. The molecule has 2 heterocycles. The number of piperidine rings is 2. The maximum absolute atomic E-state index is 12.0. The SMILES string of the molecule is CSCC(=O)N1CCCC(CN2CCC(C)CC2)C1. The van der Waals surface area contributed by atoms with E-state index in [2.05, 4.69) is 16.7 Å². The minimum absolute atomic E-state index is 0.337. The van der Waals surface area contributed by atoms with Crippen molar-refractivity contribution < 1.29 is 4.79 Å². The molecule has 0 aromatic heterocycles. The second-order valence-corrected chi connectivity index (χ2v) is 7.13. The van der Waals surface area contributed by atoms with Gasteiger partial charge >= 0.3 is 0 Å². The lowest BCUT2D eigenvalue weighted by Crippen LogP contribution is -2.45. The lowest BCUT2D eigenvalue weighted by molar-refractivity contribution is -0.130. The molecule has 2 fully saturated rings. The van der Waals surface area contributed by atoms with E-state index in [1.807, 2.05) is 6.26 Å². The Balaban J connectivity index is 1.76. The van der Waals surface area contributed by atoms with Gasteiger partial charge in [-0.15, -0.1) is 0 Å². The predicted molar refractivity (Wildman–Crippen MR) is 82.5 cm³/mol. The van der Waals surface area contributed by atoms with E-state index in [1.165, 1.54) is 45.3 Å². The molecule has 0 aromatic carbocycles. The number of carbonyl (C=O) groups excluding carboxylic acids is 1. The topological polar surface area (TPSA) is 23.6 Å². The Labute approximate surface area is 122 Å². The summed E-state index contributed by atoms with van der Waals surface area (Å²) in [6.07, 6.45) is 7.20. The van der Waals surface area contributed by atoms with E-state index < -0.39 is 0 Å². The molecule has 4 heteroatoms. The molecule has 2 aliphatic rings. The zero-order chi connectivity index (χ0) is 13.7. The van der Waals surface area contributed by atoms with Gasteiger partial charge in [0.2, 0.25) is 5.91 Å². The molecule has 2 aliphatic heterocycles. The third-order valence-electron chi connectivity index (χ3n) is 4.53. The normalized spacial score (nSPS) is 26.6. The van der Waals surface area contributed by atoms with E-state index in [-0.39, 0.29) is 0 Å². The minimum atomic E-state index is 0.337. The van der Waals surface area contributed by atoms with Gasteiger partial charge in [-0.2, -0.15) is 11.8 Å². The summed E-state index contributed by atoms with van der Waals surface area (Å²) in [6, 6.07) is 0. The number of rotatable bonds is 4. The number of amides is 1. The molecule has 2 saturated heterocycles. The maximum atomic E-state index is 12.0. The Morgan fingerprint density at radius 2 is 1.95 bits per heavy atom. The van der Waals surface area contributed by atoms with Crippen molar-refractivity contribution >= 4 is 17.7 Å². The van der Waals surface area contributed by atoms with Crippen molar-refractivity contribution in [1.82, 2.24) is 9.80 Å². The average Bonchev–Trinajstić information content (AvgIpc) is 2.42. The Bertz CT molecular complexity index is 290. The second kappa shape index (κ2) is 7.53. The molecule has 110 valence electrons. The highest BCUT2D eigenvalue weighted by Crippen LogP contribution is 2.22. The Morgan fingerprint density at radius 1 is 1.21 bits per heavy atom. The molecule has 3 nitrogen and oxygen atoms in total. The van der Waals surface area contributed by atoms with Crippen LogP contribution in [0.25, 0.3) is 0 Å². The van der Waals surface area contributed by atoms with Crippen molar-refractivity contribution in [1.29, 1.82) is 0 Å². The first-order valence-corrected chi connectivity index (χ1v) is 9.07. The van der Waals surface area contributed by atoms with Crippen LogP contribution in [0, 0.1) is 11.8 Å². The predicted octanol–water partition coefficient (Wildman–Crippen LogP) is 2.32. The van der Waals surface area contributed by atoms with Crippen LogP contribution in [0.5, 0.6) is 0 Å². The lowest BCUT2D eigenvalue weighted by atomic mass is 9.94. The van der Waals surface area contributed by atoms with E-state index >= 15 is 0 Å². The van der Waals surface area contributed by atoms with Crippen LogP contribution in [-0.2, 0) is 4.79 Å². The van der Waals surface area contributed by atoms with Crippen LogP contribution in [0.4, 0.5) is 0 Å². The highest BCUT2D eigenvalue weighted by atomic mass is 32.2. The summed E-state index contributed by atoms with van der Waals surface area (Å²) >= 11 is 1.64. The van der Waals surface area contributed by atoms with E-state index in [9.17, 15) is 4.79 Å². The molecule has 0 N–H and O–H groups in total. The van der Waals surface area contributed by atoms with Gasteiger partial charge in [-0.3, -0.25) is 4.79 Å². The second-order valence-electron chi connectivity index (χ2n) is 6.26.